The minimum atomic E-state index is -2.86. The summed E-state index contributed by atoms with van der Waals surface area (Å²) in [5, 5.41) is 8.22. The van der Waals surface area contributed by atoms with Gasteiger partial charge in [-0.1, -0.05) is 17.3 Å². The number of hydrogen-bond acceptors (Lipinski definition) is 6. The molecule has 1 aliphatic carbocycles. The fourth-order valence-electron chi connectivity index (χ4n) is 3.70. The molecule has 0 radical (unpaired) electrons. The molecule has 4 rings (SSSR count). The molecule has 0 spiro atoms. The molecule has 1 fully saturated rings. The molecule has 1 heterocycles. The van der Waals surface area contributed by atoms with Crippen molar-refractivity contribution < 1.29 is 27.8 Å². The lowest BCUT2D eigenvalue weighted by Crippen LogP contribution is -2.28. The highest BCUT2D eigenvalue weighted by molar-refractivity contribution is 5.89. The van der Waals surface area contributed by atoms with Gasteiger partial charge in [0.2, 0.25) is 5.91 Å². The quantitative estimate of drug-likeness (QED) is 0.483. The van der Waals surface area contributed by atoms with Gasteiger partial charge in [0.15, 0.2) is 0 Å². The molecule has 2 atom stereocenters. The van der Waals surface area contributed by atoms with Crippen LogP contribution in [0, 0.1) is 5.92 Å². The first-order valence-electron chi connectivity index (χ1n) is 10.3. The molecule has 0 aliphatic heterocycles. The third-order valence-electron chi connectivity index (χ3n) is 5.51. The number of aromatic nitrogens is 3. The Morgan fingerprint density at radius 3 is 2.48 bits per heavy atom. The van der Waals surface area contributed by atoms with Crippen LogP contribution in [0.2, 0.25) is 0 Å². The summed E-state index contributed by atoms with van der Waals surface area (Å²) < 4.78 is 35.2. The van der Waals surface area contributed by atoms with Crippen LogP contribution in [0.5, 0.6) is 5.75 Å². The van der Waals surface area contributed by atoms with Crippen molar-refractivity contribution in [2.75, 3.05) is 14.2 Å². The van der Waals surface area contributed by atoms with E-state index in [1.807, 2.05) is 0 Å². The van der Waals surface area contributed by atoms with E-state index < -0.39 is 12.6 Å². The molecule has 0 N–H and O–H groups in total. The summed E-state index contributed by atoms with van der Waals surface area (Å²) in [5.74, 6) is -0.429. The molecule has 1 amide bonds. The second-order valence-corrected chi connectivity index (χ2v) is 7.78. The monoisotopic (exact) mass is 456 g/mol. The number of methoxy groups -OCH3 is 1. The maximum atomic E-state index is 12.8. The lowest BCUT2D eigenvalue weighted by Gasteiger charge is -2.15. The van der Waals surface area contributed by atoms with Gasteiger partial charge in [-0.25, -0.2) is 9.48 Å². The number of alkyl halides is 2. The van der Waals surface area contributed by atoms with Gasteiger partial charge in [-0.05, 0) is 54.3 Å². The Bertz CT molecular complexity index is 1130. The van der Waals surface area contributed by atoms with Gasteiger partial charge in [-0.15, -0.1) is 5.10 Å². The average Bonchev–Trinajstić information content (AvgIpc) is 3.48. The molecule has 172 valence electrons. The third kappa shape index (κ3) is 5.16. The van der Waals surface area contributed by atoms with Gasteiger partial charge in [0.05, 0.1) is 31.1 Å². The molecule has 0 unspecified atom stereocenters. The van der Waals surface area contributed by atoms with E-state index in [2.05, 4.69) is 19.8 Å². The molecule has 33 heavy (non-hydrogen) atoms. The van der Waals surface area contributed by atoms with E-state index in [1.54, 1.807) is 59.2 Å². The van der Waals surface area contributed by atoms with E-state index in [0.29, 0.717) is 24.2 Å². The Morgan fingerprint density at radius 1 is 1.15 bits per heavy atom. The first kappa shape index (κ1) is 22.4. The summed E-state index contributed by atoms with van der Waals surface area (Å²) in [6.07, 6.45) is 2.43. The number of benzene rings is 2. The highest BCUT2D eigenvalue weighted by atomic mass is 19.3. The molecular weight excluding hydrogens is 434 g/mol. The largest absolute Gasteiger partial charge is 0.465 e. The fourth-order valence-corrected chi connectivity index (χ4v) is 3.70. The average molecular weight is 456 g/mol. The standard InChI is InChI=1S/C23H22F2N4O4/c1-28(21(30)20-11-19(20)14-5-9-18(10-6-14)33-23(24)25)12-16-13-29(27-26-16)17-7-3-15(4-8-17)22(31)32-2/h3-10,13,19-20,23H,11-12H2,1-2H3/t19-,20+/m0/s1. The van der Waals surface area contributed by atoms with Crippen molar-refractivity contribution in [3.05, 3.63) is 71.5 Å². The molecule has 3 aromatic rings. The summed E-state index contributed by atoms with van der Waals surface area (Å²) in [6, 6.07) is 13.1. The van der Waals surface area contributed by atoms with Crippen LogP contribution in [-0.2, 0) is 16.1 Å². The Balaban J connectivity index is 1.33. The maximum Gasteiger partial charge on any atom is 0.387 e. The fraction of sp³-hybridized carbons (Fsp3) is 0.304. The molecular formula is C23H22F2N4O4. The van der Waals surface area contributed by atoms with Crippen molar-refractivity contribution in [2.45, 2.75) is 25.5 Å². The summed E-state index contributed by atoms with van der Waals surface area (Å²) >= 11 is 0. The van der Waals surface area contributed by atoms with Crippen LogP contribution in [0.3, 0.4) is 0 Å². The molecule has 1 aliphatic rings. The van der Waals surface area contributed by atoms with Crippen LogP contribution in [0.4, 0.5) is 8.78 Å². The zero-order chi connectivity index (χ0) is 23.5. The van der Waals surface area contributed by atoms with Gasteiger partial charge >= 0.3 is 12.6 Å². The van der Waals surface area contributed by atoms with Crippen molar-refractivity contribution in [3.63, 3.8) is 0 Å². The third-order valence-corrected chi connectivity index (χ3v) is 5.51. The number of esters is 1. The molecule has 0 saturated heterocycles. The van der Waals surface area contributed by atoms with Gasteiger partial charge in [-0.3, -0.25) is 4.79 Å². The molecule has 8 nitrogen and oxygen atoms in total. The van der Waals surface area contributed by atoms with Crippen molar-refractivity contribution in [3.8, 4) is 11.4 Å². The molecule has 10 heteroatoms. The smallest absolute Gasteiger partial charge is 0.387 e. The number of nitrogens with zero attached hydrogens (tertiary/aromatic N) is 4. The SMILES string of the molecule is COC(=O)c1ccc(-n2cc(CN(C)C(=O)[C@@H]3C[C@H]3c3ccc(OC(F)F)cc3)nn2)cc1. The Morgan fingerprint density at radius 2 is 1.85 bits per heavy atom. The van der Waals surface area contributed by atoms with Crippen LogP contribution < -0.4 is 4.74 Å². The van der Waals surface area contributed by atoms with Crippen molar-refractivity contribution in [1.29, 1.82) is 0 Å². The van der Waals surface area contributed by atoms with Crippen LogP contribution in [-0.4, -0.2) is 52.5 Å². The predicted molar refractivity (Wildman–Crippen MR) is 113 cm³/mol. The normalized spacial score (nSPS) is 17.0. The van der Waals surface area contributed by atoms with Crippen molar-refractivity contribution in [2.24, 2.45) is 5.92 Å². The Hall–Kier alpha value is -3.82. The lowest BCUT2D eigenvalue weighted by atomic mass is 10.1. The molecule has 1 aromatic heterocycles. The van der Waals surface area contributed by atoms with E-state index in [-0.39, 0.29) is 23.5 Å². The van der Waals surface area contributed by atoms with Crippen molar-refractivity contribution >= 4 is 11.9 Å². The van der Waals surface area contributed by atoms with E-state index in [0.717, 1.165) is 11.3 Å². The number of carbonyl (C=O) groups excluding carboxylic acids is 2. The highest BCUT2D eigenvalue weighted by Crippen LogP contribution is 2.48. The highest BCUT2D eigenvalue weighted by Gasteiger charge is 2.45. The molecule has 1 saturated carbocycles. The van der Waals surface area contributed by atoms with Gasteiger partial charge < -0.3 is 14.4 Å². The van der Waals surface area contributed by atoms with Crippen LogP contribution >= 0.6 is 0 Å². The van der Waals surface area contributed by atoms with Crippen LogP contribution in [0.25, 0.3) is 5.69 Å². The summed E-state index contributed by atoms with van der Waals surface area (Å²) in [7, 11) is 3.03. The Kier molecular flexibility index (Phi) is 6.34. The minimum Gasteiger partial charge on any atom is -0.465 e. The number of rotatable bonds is 8. The number of carbonyl (C=O) groups is 2. The number of halogens is 2. The minimum absolute atomic E-state index is 0.00936. The number of ether oxygens (including phenoxy) is 2. The zero-order valence-electron chi connectivity index (χ0n) is 18.0. The van der Waals surface area contributed by atoms with Gasteiger partial charge in [-0.2, -0.15) is 8.78 Å². The zero-order valence-corrected chi connectivity index (χ0v) is 18.0. The van der Waals surface area contributed by atoms with Gasteiger partial charge in [0.1, 0.15) is 11.4 Å². The number of amides is 1. The van der Waals surface area contributed by atoms with E-state index in [9.17, 15) is 18.4 Å². The molecule has 2 aromatic carbocycles. The van der Waals surface area contributed by atoms with Crippen molar-refractivity contribution in [1.82, 2.24) is 19.9 Å². The van der Waals surface area contributed by atoms with E-state index in [1.165, 1.54) is 19.2 Å². The first-order valence-corrected chi connectivity index (χ1v) is 10.3. The van der Waals surface area contributed by atoms with Crippen LogP contribution in [0.15, 0.2) is 54.7 Å². The summed E-state index contributed by atoms with van der Waals surface area (Å²) in [6.45, 7) is -2.57. The predicted octanol–water partition coefficient (Wildman–Crippen LogP) is 3.42. The second kappa shape index (κ2) is 9.35. The van der Waals surface area contributed by atoms with E-state index >= 15 is 0 Å². The Labute approximate surface area is 188 Å². The second-order valence-electron chi connectivity index (χ2n) is 7.78. The van der Waals surface area contributed by atoms with Crippen LogP contribution in [0.1, 0.15) is 34.0 Å². The van der Waals surface area contributed by atoms with Gasteiger partial charge in [0.25, 0.3) is 0 Å². The first-order chi connectivity index (χ1) is 15.9. The lowest BCUT2D eigenvalue weighted by molar-refractivity contribution is -0.131. The molecule has 0 bridgehead atoms. The topological polar surface area (TPSA) is 86.5 Å². The van der Waals surface area contributed by atoms with E-state index in [4.69, 9.17) is 0 Å². The van der Waals surface area contributed by atoms with Gasteiger partial charge in [0, 0.05) is 13.0 Å². The maximum absolute atomic E-state index is 12.8. The number of hydrogen-bond donors (Lipinski definition) is 0. The summed E-state index contributed by atoms with van der Waals surface area (Å²) in [4.78, 5) is 26.0. The summed E-state index contributed by atoms with van der Waals surface area (Å²) in [5.41, 5.74) is 2.69.